The summed E-state index contributed by atoms with van der Waals surface area (Å²) in [5.74, 6) is 2.74. The maximum Gasteiger partial charge on any atom is 0.142 e. The summed E-state index contributed by atoms with van der Waals surface area (Å²) in [4.78, 5) is 5.26. The molecule has 4 nitrogen and oxygen atoms in total. The zero-order chi connectivity index (χ0) is 28.5. The molecule has 2 fully saturated rings. The third-order valence-electron chi connectivity index (χ3n) is 10.8. The predicted molar refractivity (Wildman–Crippen MR) is 170 cm³/mol. The van der Waals surface area contributed by atoms with Crippen LogP contribution in [0, 0.1) is 0 Å². The Hall–Kier alpha value is -2.82. The summed E-state index contributed by atoms with van der Waals surface area (Å²) in [7, 11) is 0. The van der Waals surface area contributed by atoms with Crippen LogP contribution in [-0.2, 0) is 13.1 Å². The van der Waals surface area contributed by atoms with Gasteiger partial charge >= 0.3 is 0 Å². The topological polar surface area (TPSA) is 24.9 Å². The summed E-state index contributed by atoms with van der Waals surface area (Å²) >= 11 is 0. The van der Waals surface area contributed by atoms with Gasteiger partial charge < -0.3 is 9.47 Å². The summed E-state index contributed by atoms with van der Waals surface area (Å²) in [6.45, 7) is 8.03. The van der Waals surface area contributed by atoms with Gasteiger partial charge in [0.25, 0.3) is 0 Å². The molecule has 2 aliphatic carbocycles. The molecule has 2 aliphatic heterocycles. The van der Waals surface area contributed by atoms with Crippen molar-refractivity contribution < 1.29 is 9.47 Å². The normalized spacial score (nSPS) is 22.0. The lowest BCUT2D eigenvalue weighted by Crippen LogP contribution is -2.44. The van der Waals surface area contributed by atoms with E-state index in [2.05, 4.69) is 84.3 Å². The average Bonchev–Trinajstić information content (AvgIpc) is 3.07. The van der Waals surface area contributed by atoms with Crippen molar-refractivity contribution in [1.29, 1.82) is 0 Å². The van der Waals surface area contributed by atoms with Crippen LogP contribution in [0.4, 0.5) is 0 Å². The minimum atomic E-state index is 0.228. The second kappa shape index (κ2) is 12.4. The van der Waals surface area contributed by atoms with Gasteiger partial charge in [0, 0.05) is 59.3 Å². The fourth-order valence-electron chi connectivity index (χ4n) is 8.37. The maximum absolute atomic E-state index is 6.99. The largest absolute Gasteiger partial charge is 0.477 e. The van der Waals surface area contributed by atoms with Crippen molar-refractivity contribution >= 4 is 0 Å². The Morgan fingerprint density at radius 1 is 0.548 bits per heavy atom. The van der Waals surface area contributed by atoms with E-state index in [1.807, 2.05) is 0 Å². The van der Waals surface area contributed by atoms with E-state index < -0.39 is 0 Å². The Bertz CT molecular complexity index is 1240. The number of rotatable bonds is 6. The van der Waals surface area contributed by atoms with E-state index in [0.717, 1.165) is 24.6 Å². The molecule has 4 heteroatoms. The minimum Gasteiger partial charge on any atom is -0.477 e. The van der Waals surface area contributed by atoms with Crippen LogP contribution in [0.15, 0.2) is 60.7 Å². The second-order valence-corrected chi connectivity index (χ2v) is 13.3. The summed E-state index contributed by atoms with van der Waals surface area (Å²) in [5.41, 5.74) is 8.15. The molecule has 4 aliphatic rings. The molecule has 2 unspecified atom stereocenters. The Morgan fingerprint density at radius 2 is 0.929 bits per heavy atom. The highest BCUT2D eigenvalue weighted by molar-refractivity contribution is 5.65. The highest BCUT2D eigenvalue weighted by atomic mass is 16.5. The maximum atomic E-state index is 6.99. The van der Waals surface area contributed by atoms with Crippen LogP contribution in [0.5, 0.6) is 11.5 Å². The van der Waals surface area contributed by atoms with Crippen molar-refractivity contribution in [3.63, 3.8) is 0 Å². The first-order valence-electron chi connectivity index (χ1n) is 16.7. The Morgan fingerprint density at radius 3 is 1.31 bits per heavy atom. The van der Waals surface area contributed by atoms with Crippen molar-refractivity contribution in [2.45, 2.75) is 115 Å². The van der Waals surface area contributed by atoms with E-state index in [9.17, 15) is 0 Å². The monoisotopic (exact) mass is 564 g/mol. The number of hydrogen-bond donors (Lipinski definition) is 0. The standard InChI is InChI=1S/C38H48N2O2/c1-27(29-15-7-3-8-16-29)35-33-23-39(31-19-11-5-12-20-31)26-42-38(33)36(28(2)30-17-9-4-10-18-30)34-24-40(25-41-37(34)35)32-21-13-6-14-22-32/h3-4,7-10,15-18,27-28,31-32H,5-6,11-14,19-26H2,1-2H3. The fraction of sp³-hybridized carbons (Fsp3) is 0.526. The highest BCUT2D eigenvalue weighted by Gasteiger charge is 2.39. The van der Waals surface area contributed by atoms with Gasteiger partial charge in [-0.15, -0.1) is 0 Å². The summed E-state index contributed by atoms with van der Waals surface area (Å²) in [6, 6.07) is 23.3. The van der Waals surface area contributed by atoms with Crippen LogP contribution < -0.4 is 9.47 Å². The van der Waals surface area contributed by atoms with Gasteiger partial charge in [-0.25, -0.2) is 0 Å². The van der Waals surface area contributed by atoms with E-state index in [1.165, 1.54) is 97.6 Å². The van der Waals surface area contributed by atoms with E-state index in [-0.39, 0.29) is 11.8 Å². The first-order valence-corrected chi connectivity index (χ1v) is 16.7. The van der Waals surface area contributed by atoms with Crippen molar-refractivity contribution in [2.24, 2.45) is 0 Å². The van der Waals surface area contributed by atoms with Gasteiger partial charge in [-0.3, -0.25) is 9.80 Å². The van der Waals surface area contributed by atoms with Crippen LogP contribution in [-0.4, -0.2) is 35.3 Å². The predicted octanol–water partition coefficient (Wildman–Crippen LogP) is 8.96. The minimum absolute atomic E-state index is 0.228. The molecule has 2 saturated carbocycles. The van der Waals surface area contributed by atoms with Crippen molar-refractivity contribution in [3.8, 4) is 11.5 Å². The van der Waals surface area contributed by atoms with E-state index in [4.69, 9.17) is 9.47 Å². The third-order valence-corrected chi connectivity index (χ3v) is 10.8. The fourth-order valence-corrected chi connectivity index (χ4v) is 8.37. The van der Waals surface area contributed by atoms with Crippen LogP contribution in [0.1, 0.15) is 123 Å². The molecule has 3 aromatic carbocycles. The van der Waals surface area contributed by atoms with Gasteiger partial charge in [0.15, 0.2) is 0 Å². The highest BCUT2D eigenvalue weighted by Crippen LogP contribution is 2.51. The molecule has 0 saturated heterocycles. The van der Waals surface area contributed by atoms with Gasteiger partial charge in [0.2, 0.25) is 0 Å². The zero-order valence-electron chi connectivity index (χ0n) is 25.7. The van der Waals surface area contributed by atoms with Crippen LogP contribution in [0.25, 0.3) is 0 Å². The molecule has 3 aromatic rings. The van der Waals surface area contributed by atoms with Crippen LogP contribution in [0.3, 0.4) is 0 Å². The molecular formula is C38H48N2O2. The molecule has 0 aromatic heterocycles. The Labute approximate surface area is 253 Å². The van der Waals surface area contributed by atoms with Gasteiger partial charge in [-0.05, 0) is 36.8 Å². The quantitative estimate of drug-likeness (QED) is 0.298. The first-order chi connectivity index (χ1) is 20.7. The molecule has 42 heavy (non-hydrogen) atoms. The molecular weight excluding hydrogens is 516 g/mol. The van der Waals surface area contributed by atoms with Gasteiger partial charge in [0.05, 0.1) is 0 Å². The van der Waals surface area contributed by atoms with Crippen LogP contribution >= 0.6 is 0 Å². The summed E-state index contributed by atoms with van der Waals surface area (Å²) in [5, 5.41) is 0. The lowest BCUT2D eigenvalue weighted by Gasteiger charge is -2.43. The van der Waals surface area contributed by atoms with E-state index in [1.54, 1.807) is 0 Å². The summed E-state index contributed by atoms with van der Waals surface area (Å²) < 4.78 is 14.0. The molecule has 0 radical (unpaired) electrons. The number of hydrogen-bond acceptors (Lipinski definition) is 4. The molecule has 0 bridgehead atoms. The first kappa shape index (κ1) is 28.0. The Balaban J connectivity index is 1.39. The van der Waals surface area contributed by atoms with Gasteiger partial charge in [0.1, 0.15) is 25.0 Å². The SMILES string of the molecule is CC(c1ccccc1)c1c2c(c(C(C)c3ccccc3)c3c1OCN(C1CCCCC1)C3)OCN(C1CCCCC1)C2. The van der Waals surface area contributed by atoms with E-state index >= 15 is 0 Å². The lowest BCUT2D eigenvalue weighted by molar-refractivity contribution is 0.0299. The second-order valence-electron chi connectivity index (χ2n) is 13.3. The molecule has 0 N–H and O–H groups in total. The van der Waals surface area contributed by atoms with Crippen molar-refractivity contribution in [1.82, 2.24) is 9.80 Å². The summed E-state index contributed by atoms with van der Waals surface area (Å²) in [6.07, 6.45) is 13.2. The van der Waals surface area contributed by atoms with E-state index in [0.29, 0.717) is 25.5 Å². The third kappa shape index (κ3) is 5.37. The molecule has 222 valence electrons. The zero-order valence-corrected chi connectivity index (χ0v) is 25.7. The average molecular weight is 565 g/mol. The number of nitrogens with zero attached hydrogens (tertiary/aromatic N) is 2. The number of benzene rings is 3. The molecule has 2 heterocycles. The van der Waals surface area contributed by atoms with Crippen molar-refractivity contribution in [2.75, 3.05) is 13.5 Å². The molecule has 0 amide bonds. The van der Waals surface area contributed by atoms with Crippen LogP contribution in [0.2, 0.25) is 0 Å². The number of fused-ring (bicyclic) bond motifs is 2. The lowest BCUT2D eigenvalue weighted by atomic mass is 9.79. The smallest absolute Gasteiger partial charge is 0.142 e. The van der Waals surface area contributed by atoms with Crippen molar-refractivity contribution in [3.05, 3.63) is 94.0 Å². The molecule has 7 rings (SSSR count). The van der Waals surface area contributed by atoms with Gasteiger partial charge in [-0.2, -0.15) is 0 Å². The van der Waals surface area contributed by atoms with Gasteiger partial charge in [-0.1, -0.05) is 113 Å². The number of ether oxygens (including phenoxy) is 2. The molecule has 0 spiro atoms. The Kier molecular flexibility index (Phi) is 8.28. The molecule has 2 atom stereocenters.